The third kappa shape index (κ3) is 4.55. The van der Waals surface area contributed by atoms with E-state index in [-0.39, 0.29) is 17.1 Å². The van der Waals surface area contributed by atoms with Crippen molar-refractivity contribution in [2.24, 2.45) is 0 Å². The molecule has 2 unspecified atom stereocenters. The molecule has 0 aliphatic rings. The second kappa shape index (κ2) is 7.32. The SMILES string of the molecule is CC(=O)SCCC(O)C(O)c1ccc([N+](=O)[O-])c(F)c1. The van der Waals surface area contributed by atoms with E-state index in [1.54, 1.807) is 0 Å². The van der Waals surface area contributed by atoms with Crippen LogP contribution in [0, 0.1) is 15.9 Å². The number of carbonyl (C=O) groups excluding carboxylic acids is 1. The van der Waals surface area contributed by atoms with E-state index >= 15 is 0 Å². The molecule has 8 heteroatoms. The molecule has 0 saturated heterocycles. The molecule has 2 N–H and O–H groups in total. The molecule has 2 atom stereocenters. The topological polar surface area (TPSA) is 101 Å². The van der Waals surface area contributed by atoms with E-state index in [9.17, 15) is 29.5 Å². The fourth-order valence-corrected chi connectivity index (χ4v) is 2.21. The Labute approximate surface area is 118 Å². The highest BCUT2D eigenvalue weighted by atomic mass is 32.2. The van der Waals surface area contributed by atoms with Crippen LogP contribution in [0.15, 0.2) is 18.2 Å². The minimum absolute atomic E-state index is 0.0495. The second-order valence-corrected chi connectivity index (χ2v) is 5.38. The largest absolute Gasteiger partial charge is 0.390 e. The molecule has 0 saturated carbocycles. The number of hydrogen-bond acceptors (Lipinski definition) is 6. The first kappa shape index (κ1) is 16.5. The van der Waals surface area contributed by atoms with Crippen molar-refractivity contribution in [2.75, 3.05) is 5.75 Å². The summed E-state index contributed by atoms with van der Waals surface area (Å²) in [4.78, 5) is 20.3. The number of hydrogen-bond donors (Lipinski definition) is 2. The number of aliphatic hydroxyl groups excluding tert-OH is 2. The van der Waals surface area contributed by atoms with E-state index in [0.717, 1.165) is 23.9 Å². The van der Waals surface area contributed by atoms with Crippen LogP contribution < -0.4 is 0 Å². The van der Waals surface area contributed by atoms with Gasteiger partial charge in [0, 0.05) is 18.7 Å². The summed E-state index contributed by atoms with van der Waals surface area (Å²) in [7, 11) is 0. The number of nitro benzene ring substituents is 1. The summed E-state index contributed by atoms with van der Waals surface area (Å²) in [5.41, 5.74) is -0.643. The third-order valence-electron chi connectivity index (χ3n) is 2.59. The molecular weight excluding hydrogens is 289 g/mol. The van der Waals surface area contributed by atoms with Gasteiger partial charge in [-0.15, -0.1) is 0 Å². The van der Waals surface area contributed by atoms with Crippen molar-refractivity contribution in [1.82, 2.24) is 0 Å². The van der Waals surface area contributed by atoms with Gasteiger partial charge in [-0.05, 0) is 24.1 Å². The average Bonchev–Trinajstić information content (AvgIpc) is 2.36. The summed E-state index contributed by atoms with van der Waals surface area (Å²) in [6, 6.07) is 2.95. The van der Waals surface area contributed by atoms with Crippen LogP contribution in [0.2, 0.25) is 0 Å². The van der Waals surface area contributed by atoms with Crippen molar-refractivity contribution in [3.05, 3.63) is 39.7 Å². The van der Waals surface area contributed by atoms with E-state index in [4.69, 9.17) is 0 Å². The fourth-order valence-electron chi connectivity index (χ4n) is 1.56. The molecule has 0 radical (unpaired) electrons. The maximum atomic E-state index is 13.4. The highest BCUT2D eigenvalue weighted by molar-refractivity contribution is 8.13. The van der Waals surface area contributed by atoms with Gasteiger partial charge in [-0.1, -0.05) is 11.8 Å². The normalized spacial score (nSPS) is 13.8. The molecule has 0 spiro atoms. The van der Waals surface area contributed by atoms with Crippen LogP contribution in [-0.2, 0) is 4.79 Å². The first-order valence-electron chi connectivity index (χ1n) is 5.76. The molecule has 6 nitrogen and oxygen atoms in total. The van der Waals surface area contributed by atoms with E-state index in [2.05, 4.69) is 0 Å². The number of nitro groups is 1. The van der Waals surface area contributed by atoms with Crippen molar-refractivity contribution in [3.8, 4) is 0 Å². The third-order valence-corrected chi connectivity index (χ3v) is 3.44. The Bertz CT molecular complexity index is 511. The van der Waals surface area contributed by atoms with Crippen molar-refractivity contribution in [3.63, 3.8) is 0 Å². The molecule has 110 valence electrons. The van der Waals surface area contributed by atoms with Crippen LogP contribution in [0.1, 0.15) is 25.0 Å². The minimum Gasteiger partial charge on any atom is -0.390 e. The lowest BCUT2D eigenvalue weighted by molar-refractivity contribution is -0.387. The molecule has 1 aromatic rings. The lowest BCUT2D eigenvalue weighted by Gasteiger charge is -2.17. The molecule has 0 fully saturated rings. The van der Waals surface area contributed by atoms with Gasteiger partial charge in [-0.3, -0.25) is 14.9 Å². The first-order chi connectivity index (χ1) is 9.32. The van der Waals surface area contributed by atoms with Crippen LogP contribution in [0.25, 0.3) is 0 Å². The van der Waals surface area contributed by atoms with Crippen LogP contribution >= 0.6 is 11.8 Å². The monoisotopic (exact) mass is 303 g/mol. The Balaban J connectivity index is 2.71. The zero-order valence-corrected chi connectivity index (χ0v) is 11.5. The number of thioether (sulfide) groups is 1. The van der Waals surface area contributed by atoms with Gasteiger partial charge in [-0.2, -0.15) is 4.39 Å². The summed E-state index contributed by atoms with van der Waals surface area (Å²) in [5, 5.41) is 29.9. The number of carbonyl (C=O) groups is 1. The van der Waals surface area contributed by atoms with Crippen molar-refractivity contribution >= 4 is 22.6 Å². The van der Waals surface area contributed by atoms with Crippen molar-refractivity contribution < 1.29 is 24.3 Å². The molecule has 0 heterocycles. The van der Waals surface area contributed by atoms with Gasteiger partial charge in [0.15, 0.2) is 5.12 Å². The quantitative estimate of drug-likeness (QED) is 0.614. The molecular formula is C12H14FNO5S. The number of halogens is 1. The lowest BCUT2D eigenvalue weighted by Crippen LogP contribution is -2.19. The Morgan fingerprint density at radius 3 is 2.65 bits per heavy atom. The molecule has 0 aliphatic heterocycles. The zero-order chi connectivity index (χ0) is 15.3. The number of rotatable bonds is 6. The maximum Gasteiger partial charge on any atom is 0.304 e. The van der Waals surface area contributed by atoms with Gasteiger partial charge in [0.2, 0.25) is 5.82 Å². The predicted molar refractivity (Wildman–Crippen MR) is 71.8 cm³/mol. The van der Waals surface area contributed by atoms with Crippen LogP contribution in [0.3, 0.4) is 0 Å². The van der Waals surface area contributed by atoms with E-state index in [0.29, 0.717) is 5.75 Å². The zero-order valence-electron chi connectivity index (χ0n) is 10.7. The molecule has 20 heavy (non-hydrogen) atoms. The summed E-state index contributed by atoms with van der Waals surface area (Å²) in [5.74, 6) is -0.750. The maximum absolute atomic E-state index is 13.4. The average molecular weight is 303 g/mol. The van der Waals surface area contributed by atoms with Gasteiger partial charge in [0.25, 0.3) is 0 Å². The van der Waals surface area contributed by atoms with Crippen LogP contribution in [0.5, 0.6) is 0 Å². The van der Waals surface area contributed by atoms with E-state index < -0.39 is 28.6 Å². The van der Waals surface area contributed by atoms with Gasteiger partial charge in [0.1, 0.15) is 6.10 Å². The molecule has 1 rings (SSSR count). The van der Waals surface area contributed by atoms with Crippen molar-refractivity contribution in [1.29, 1.82) is 0 Å². The molecule has 1 aromatic carbocycles. The Morgan fingerprint density at radius 1 is 1.50 bits per heavy atom. The summed E-state index contributed by atoms with van der Waals surface area (Å²) >= 11 is 1.01. The minimum atomic E-state index is -1.36. The summed E-state index contributed by atoms with van der Waals surface area (Å²) < 4.78 is 13.4. The van der Waals surface area contributed by atoms with Crippen molar-refractivity contribution in [2.45, 2.75) is 25.6 Å². The second-order valence-electron chi connectivity index (χ2n) is 4.11. The van der Waals surface area contributed by atoms with E-state index in [1.807, 2.05) is 0 Å². The number of benzene rings is 1. The Kier molecular flexibility index (Phi) is 6.05. The fraction of sp³-hybridized carbons (Fsp3) is 0.417. The molecule has 0 bridgehead atoms. The van der Waals surface area contributed by atoms with E-state index in [1.165, 1.54) is 13.0 Å². The predicted octanol–water partition coefficient (Wildman–Crippen LogP) is 1.80. The highest BCUT2D eigenvalue weighted by Crippen LogP contribution is 2.25. The summed E-state index contributed by atoms with van der Waals surface area (Å²) in [6.45, 7) is 1.39. The molecule has 0 aromatic heterocycles. The van der Waals surface area contributed by atoms with Gasteiger partial charge >= 0.3 is 5.69 Å². The Hall–Kier alpha value is -1.51. The van der Waals surface area contributed by atoms with Gasteiger partial charge in [-0.25, -0.2) is 0 Å². The standard InChI is InChI=1S/C12H14FNO5S/c1-7(15)20-5-4-11(16)12(17)8-2-3-10(14(18)19)9(13)6-8/h2-3,6,11-12,16-17H,4-5H2,1H3. The Morgan fingerprint density at radius 2 is 2.15 bits per heavy atom. The van der Waals surface area contributed by atoms with Gasteiger partial charge < -0.3 is 10.2 Å². The number of nitrogens with zero attached hydrogens (tertiary/aromatic N) is 1. The smallest absolute Gasteiger partial charge is 0.304 e. The van der Waals surface area contributed by atoms with Crippen LogP contribution in [-0.4, -0.2) is 32.1 Å². The highest BCUT2D eigenvalue weighted by Gasteiger charge is 2.22. The number of aliphatic hydroxyl groups is 2. The first-order valence-corrected chi connectivity index (χ1v) is 6.74. The van der Waals surface area contributed by atoms with Gasteiger partial charge in [0.05, 0.1) is 11.0 Å². The lowest BCUT2D eigenvalue weighted by atomic mass is 10.0. The molecule has 0 aliphatic carbocycles. The summed E-state index contributed by atoms with van der Waals surface area (Å²) in [6.07, 6.45) is -2.40. The molecule has 0 amide bonds. The van der Waals surface area contributed by atoms with Crippen LogP contribution in [0.4, 0.5) is 10.1 Å².